The number of nitrogen functional groups attached to an aromatic ring is 1. The summed E-state index contributed by atoms with van der Waals surface area (Å²) >= 11 is 2.45. The Labute approximate surface area is 75.3 Å². The molecule has 2 aromatic rings. The SMILES string of the molecule is Nc1nc2sc(C(=O)O)cc2s1. The van der Waals surface area contributed by atoms with E-state index in [-0.39, 0.29) is 0 Å². The van der Waals surface area contributed by atoms with Gasteiger partial charge >= 0.3 is 5.97 Å². The van der Waals surface area contributed by atoms with E-state index in [1.165, 1.54) is 11.3 Å². The van der Waals surface area contributed by atoms with E-state index in [1.54, 1.807) is 6.07 Å². The Morgan fingerprint density at radius 1 is 1.58 bits per heavy atom. The molecule has 0 saturated heterocycles. The first-order valence-electron chi connectivity index (χ1n) is 3.06. The molecule has 0 radical (unpaired) electrons. The Bertz CT molecular complexity index is 414. The van der Waals surface area contributed by atoms with Gasteiger partial charge in [-0.05, 0) is 6.07 Å². The topological polar surface area (TPSA) is 76.2 Å². The Kier molecular flexibility index (Phi) is 1.52. The zero-order valence-corrected chi connectivity index (χ0v) is 7.41. The highest BCUT2D eigenvalue weighted by molar-refractivity contribution is 7.29. The molecule has 0 spiro atoms. The molecule has 62 valence electrons. The highest BCUT2D eigenvalue weighted by Gasteiger charge is 2.11. The van der Waals surface area contributed by atoms with Crippen molar-refractivity contribution in [3.8, 4) is 0 Å². The normalized spacial score (nSPS) is 10.7. The average Bonchev–Trinajstić information content (AvgIpc) is 2.42. The van der Waals surface area contributed by atoms with Crippen molar-refractivity contribution in [3.05, 3.63) is 10.9 Å². The molecule has 12 heavy (non-hydrogen) atoms. The van der Waals surface area contributed by atoms with Gasteiger partial charge in [0.25, 0.3) is 0 Å². The average molecular weight is 200 g/mol. The number of rotatable bonds is 1. The number of anilines is 1. The van der Waals surface area contributed by atoms with Gasteiger partial charge in [0, 0.05) is 0 Å². The van der Waals surface area contributed by atoms with Crippen LogP contribution in [0.3, 0.4) is 0 Å². The number of thiazole rings is 1. The Morgan fingerprint density at radius 3 is 2.92 bits per heavy atom. The highest BCUT2D eigenvalue weighted by atomic mass is 32.1. The Balaban J connectivity index is 2.64. The quantitative estimate of drug-likeness (QED) is 0.733. The molecule has 0 aromatic carbocycles. The van der Waals surface area contributed by atoms with E-state index in [0.29, 0.717) is 14.8 Å². The minimum Gasteiger partial charge on any atom is -0.477 e. The molecule has 4 nitrogen and oxygen atoms in total. The standard InChI is InChI=1S/C6H4N2O2S2/c7-6-8-4-2(12-6)1-3(11-4)5(9)10/h1H,(H2,7,8)(H,9,10). The van der Waals surface area contributed by atoms with Crippen LogP contribution in [0.25, 0.3) is 9.53 Å². The van der Waals surface area contributed by atoms with E-state index in [0.717, 1.165) is 16.0 Å². The molecule has 2 rings (SSSR count). The monoisotopic (exact) mass is 200 g/mol. The van der Waals surface area contributed by atoms with Gasteiger partial charge in [0.1, 0.15) is 9.71 Å². The van der Waals surface area contributed by atoms with Crippen LogP contribution in [0.2, 0.25) is 0 Å². The molecule has 0 aliphatic carbocycles. The number of aromatic carboxylic acids is 1. The number of carbonyl (C=O) groups is 1. The number of thiophene rings is 1. The van der Waals surface area contributed by atoms with E-state index >= 15 is 0 Å². The summed E-state index contributed by atoms with van der Waals surface area (Å²) in [6.07, 6.45) is 0. The zero-order valence-electron chi connectivity index (χ0n) is 5.77. The number of hydrogen-bond acceptors (Lipinski definition) is 5. The van der Waals surface area contributed by atoms with E-state index in [9.17, 15) is 4.79 Å². The van der Waals surface area contributed by atoms with Crippen LogP contribution in [-0.4, -0.2) is 16.1 Å². The van der Waals surface area contributed by atoms with Gasteiger partial charge in [0.15, 0.2) is 5.13 Å². The molecule has 6 heteroatoms. The molecule has 0 amide bonds. The zero-order chi connectivity index (χ0) is 8.72. The molecule has 0 atom stereocenters. The second-order valence-corrected chi connectivity index (χ2v) is 4.23. The molecule has 0 aliphatic rings. The maximum atomic E-state index is 10.5. The second kappa shape index (κ2) is 2.43. The van der Waals surface area contributed by atoms with Crippen LogP contribution >= 0.6 is 22.7 Å². The minimum atomic E-state index is -0.913. The lowest BCUT2D eigenvalue weighted by atomic mass is 10.5. The van der Waals surface area contributed by atoms with Crippen molar-refractivity contribution < 1.29 is 9.90 Å². The van der Waals surface area contributed by atoms with Gasteiger partial charge in [-0.2, -0.15) is 0 Å². The smallest absolute Gasteiger partial charge is 0.345 e. The fourth-order valence-electron chi connectivity index (χ4n) is 0.857. The molecule has 0 unspecified atom stereocenters. The summed E-state index contributed by atoms with van der Waals surface area (Å²) in [5, 5.41) is 9.11. The maximum Gasteiger partial charge on any atom is 0.345 e. The number of nitrogens with two attached hydrogens (primary N) is 1. The summed E-state index contributed by atoms with van der Waals surface area (Å²) in [6, 6.07) is 1.59. The fraction of sp³-hybridized carbons (Fsp3) is 0. The number of carboxylic acid groups (broad SMARTS) is 1. The first kappa shape index (κ1) is 7.51. The molecular weight excluding hydrogens is 196 g/mol. The fourth-order valence-corrected chi connectivity index (χ4v) is 2.69. The van der Waals surface area contributed by atoms with Crippen LogP contribution in [0.4, 0.5) is 5.13 Å². The lowest BCUT2D eigenvalue weighted by Gasteiger charge is -1.81. The van der Waals surface area contributed by atoms with E-state index in [1.807, 2.05) is 0 Å². The highest BCUT2D eigenvalue weighted by Crippen LogP contribution is 2.31. The van der Waals surface area contributed by atoms with Gasteiger partial charge in [-0.1, -0.05) is 11.3 Å². The molecule has 2 heterocycles. The number of carboxylic acids is 1. The number of nitrogens with zero attached hydrogens (tertiary/aromatic N) is 1. The van der Waals surface area contributed by atoms with Crippen molar-refractivity contribution >= 4 is 43.3 Å². The molecule has 0 aliphatic heterocycles. The molecule has 0 saturated carbocycles. The maximum absolute atomic E-state index is 10.5. The van der Waals surface area contributed by atoms with Gasteiger partial charge < -0.3 is 10.8 Å². The molecular formula is C6H4N2O2S2. The van der Waals surface area contributed by atoms with Crippen molar-refractivity contribution in [2.24, 2.45) is 0 Å². The van der Waals surface area contributed by atoms with Crippen LogP contribution in [-0.2, 0) is 0 Å². The van der Waals surface area contributed by atoms with E-state index in [2.05, 4.69) is 4.98 Å². The summed E-state index contributed by atoms with van der Waals surface area (Å²) < 4.78 is 0.843. The van der Waals surface area contributed by atoms with Gasteiger partial charge in [0.05, 0.1) is 4.70 Å². The second-order valence-electron chi connectivity index (χ2n) is 2.14. The molecule has 2 aromatic heterocycles. The molecule has 0 fully saturated rings. The predicted octanol–water partition coefficient (Wildman–Crippen LogP) is 1.64. The summed E-state index contributed by atoms with van der Waals surface area (Å²) in [4.78, 5) is 15.5. The third-order valence-electron chi connectivity index (χ3n) is 1.32. The predicted molar refractivity (Wildman–Crippen MR) is 48.9 cm³/mol. The minimum absolute atomic E-state index is 0.309. The molecule has 3 N–H and O–H groups in total. The number of hydrogen-bond donors (Lipinski definition) is 2. The van der Waals surface area contributed by atoms with Crippen LogP contribution < -0.4 is 5.73 Å². The number of aromatic nitrogens is 1. The lowest BCUT2D eigenvalue weighted by Crippen LogP contribution is -1.89. The van der Waals surface area contributed by atoms with Gasteiger partial charge in [-0.15, -0.1) is 11.3 Å². The summed E-state index contributed by atoms with van der Waals surface area (Å²) in [6.45, 7) is 0. The van der Waals surface area contributed by atoms with Gasteiger partial charge in [-0.25, -0.2) is 9.78 Å². The van der Waals surface area contributed by atoms with Crippen LogP contribution in [0.15, 0.2) is 6.07 Å². The third-order valence-corrected chi connectivity index (χ3v) is 3.29. The van der Waals surface area contributed by atoms with Crippen molar-refractivity contribution in [1.29, 1.82) is 0 Å². The largest absolute Gasteiger partial charge is 0.477 e. The first-order chi connectivity index (χ1) is 5.66. The van der Waals surface area contributed by atoms with Crippen molar-refractivity contribution in [2.45, 2.75) is 0 Å². The van der Waals surface area contributed by atoms with Crippen molar-refractivity contribution in [2.75, 3.05) is 5.73 Å². The lowest BCUT2D eigenvalue weighted by molar-refractivity contribution is 0.0702. The van der Waals surface area contributed by atoms with Crippen molar-refractivity contribution in [1.82, 2.24) is 4.98 Å². The third kappa shape index (κ3) is 1.05. The Morgan fingerprint density at radius 2 is 2.33 bits per heavy atom. The van der Waals surface area contributed by atoms with E-state index < -0.39 is 5.97 Å². The molecule has 0 bridgehead atoms. The van der Waals surface area contributed by atoms with Gasteiger partial charge in [-0.3, -0.25) is 0 Å². The van der Waals surface area contributed by atoms with Crippen molar-refractivity contribution in [3.63, 3.8) is 0 Å². The first-order valence-corrected chi connectivity index (χ1v) is 4.69. The van der Waals surface area contributed by atoms with E-state index in [4.69, 9.17) is 10.8 Å². The number of fused-ring (bicyclic) bond motifs is 1. The summed E-state index contributed by atoms with van der Waals surface area (Å²) in [7, 11) is 0. The van der Waals surface area contributed by atoms with Gasteiger partial charge in [0.2, 0.25) is 0 Å². The summed E-state index contributed by atoms with van der Waals surface area (Å²) in [5.74, 6) is -0.913. The van der Waals surface area contributed by atoms with Crippen LogP contribution in [0, 0.1) is 0 Å². The Hall–Kier alpha value is -1.14. The van der Waals surface area contributed by atoms with Crippen LogP contribution in [0.5, 0.6) is 0 Å². The summed E-state index contributed by atoms with van der Waals surface area (Å²) in [5.41, 5.74) is 5.43. The van der Waals surface area contributed by atoms with Crippen LogP contribution in [0.1, 0.15) is 9.67 Å².